The smallest absolute Gasteiger partial charge is 0.228 e. The summed E-state index contributed by atoms with van der Waals surface area (Å²) in [5.41, 5.74) is 2.70. The minimum atomic E-state index is -0.0791. The zero-order valence-corrected chi connectivity index (χ0v) is 11.0. The minimum Gasteiger partial charge on any atom is -0.496 e. The molecule has 0 amide bonds. The van der Waals surface area contributed by atoms with Crippen molar-refractivity contribution in [3.05, 3.63) is 28.8 Å². The maximum atomic E-state index is 11.3. The Labute approximate surface area is 98.8 Å². The van der Waals surface area contributed by atoms with Gasteiger partial charge in [-0.05, 0) is 52.0 Å². The molecule has 3 heteroatoms. The van der Waals surface area contributed by atoms with E-state index in [1.807, 2.05) is 19.1 Å². The minimum absolute atomic E-state index is 0.0791. The van der Waals surface area contributed by atoms with E-state index in [1.54, 1.807) is 7.11 Å². The molecule has 1 aromatic rings. The van der Waals surface area contributed by atoms with Crippen LogP contribution in [-0.2, 0) is 0 Å². The van der Waals surface area contributed by atoms with Gasteiger partial charge in [0, 0.05) is 5.56 Å². The summed E-state index contributed by atoms with van der Waals surface area (Å²) in [6.07, 6.45) is 0. The Morgan fingerprint density at radius 1 is 1.40 bits per heavy atom. The molecule has 0 saturated carbocycles. The molecule has 0 bridgehead atoms. The molecule has 0 atom stereocenters. The Morgan fingerprint density at radius 3 is 2.40 bits per heavy atom. The molecule has 0 spiro atoms. The van der Waals surface area contributed by atoms with Crippen LogP contribution in [0, 0.1) is 6.92 Å². The maximum absolute atomic E-state index is 11.3. The van der Waals surface area contributed by atoms with Gasteiger partial charge in [-0.3, -0.25) is 4.79 Å². The van der Waals surface area contributed by atoms with E-state index in [1.165, 1.54) is 0 Å². The number of aryl methyl sites for hydroxylation is 1. The molecule has 0 aliphatic carbocycles. The van der Waals surface area contributed by atoms with Gasteiger partial charge in [-0.1, -0.05) is 13.8 Å². The lowest BCUT2D eigenvalue weighted by atomic mass is 9.97. The van der Waals surface area contributed by atoms with Crippen molar-refractivity contribution in [2.24, 2.45) is 0 Å². The van der Waals surface area contributed by atoms with Gasteiger partial charge >= 0.3 is 0 Å². The second kappa shape index (κ2) is 4.79. The highest BCUT2D eigenvalue weighted by atomic mass is 79.9. The van der Waals surface area contributed by atoms with Gasteiger partial charge in [0.1, 0.15) is 5.75 Å². The molecule has 82 valence electrons. The third-order valence-electron chi connectivity index (χ3n) is 2.41. The highest BCUT2D eigenvalue weighted by molar-refractivity contribution is 9.18. The summed E-state index contributed by atoms with van der Waals surface area (Å²) in [4.78, 5) is 11.3. The fourth-order valence-electron chi connectivity index (χ4n) is 1.54. The third kappa shape index (κ3) is 2.59. The zero-order valence-electron chi connectivity index (χ0n) is 9.43. The number of rotatable bonds is 3. The van der Waals surface area contributed by atoms with Crippen molar-refractivity contribution in [1.29, 1.82) is 0 Å². The van der Waals surface area contributed by atoms with E-state index in [9.17, 15) is 4.79 Å². The molecular formula is C12H15BrO2. The lowest BCUT2D eigenvalue weighted by molar-refractivity contribution is 0.109. The fourth-order valence-corrected chi connectivity index (χ4v) is 1.97. The summed E-state index contributed by atoms with van der Waals surface area (Å²) in [6.45, 7) is 6.06. The molecule has 0 radical (unpaired) electrons. The molecule has 0 fully saturated rings. The number of halogens is 1. The molecule has 15 heavy (non-hydrogen) atoms. The van der Waals surface area contributed by atoms with Crippen LogP contribution < -0.4 is 4.74 Å². The number of carbonyl (C=O) groups is 1. The van der Waals surface area contributed by atoms with Crippen LogP contribution in [-0.4, -0.2) is 11.8 Å². The van der Waals surface area contributed by atoms with Crippen LogP contribution in [0.3, 0.4) is 0 Å². The number of methoxy groups -OCH3 is 1. The Kier molecular flexibility index (Phi) is 3.91. The molecule has 0 N–H and O–H groups in total. The molecule has 1 aromatic carbocycles. The third-order valence-corrected chi connectivity index (χ3v) is 2.84. The van der Waals surface area contributed by atoms with E-state index in [-0.39, 0.29) is 4.69 Å². The Bertz CT molecular complexity index is 383. The van der Waals surface area contributed by atoms with E-state index in [4.69, 9.17) is 4.74 Å². The SMILES string of the molecule is COc1cc(C)c(C(=O)Br)cc1C(C)C. The molecule has 0 aliphatic heterocycles. The average Bonchev–Trinajstić information content (AvgIpc) is 2.16. The van der Waals surface area contributed by atoms with E-state index < -0.39 is 0 Å². The largest absolute Gasteiger partial charge is 0.496 e. The van der Waals surface area contributed by atoms with Crippen LogP contribution in [0.2, 0.25) is 0 Å². The predicted molar refractivity (Wildman–Crippen MR) is 65.1 cm³/mol. The van der Waals surface area contributed by atoms with Gasteiger partial charge in [0.25, 0.3) is 0 Å². The number of hydrogen-bond acceptors (Lipinski definition) is 2. The standard InChI is InChI=1S/C12H15BrO2/c1-7(2)9-6-10(12(13)14)8(3)5-11(9)15-4/h5-7H,1-4H3. The lowest BCUT2D eigenvalue weighted by Crippen LogP contribution is -2.00. The molecule has 2 nitrogen and oxygen atoms in total. The summed E-state index contributed by atoms with van der Waals surface area (Å²) in [7, 11) is 1.65. The van der Waals surface area contributed by atoms with Gasteiger partial charge in [0.2, 0.25) is 4.69 Å². The van der Waals surface area contributed by atoms with Crippen molar-refractivity contribution in [3.63, 3.8) is 0 Å². The molecule has 0 aromatic heterocycles. The Morgan fingerprint density at radius 2 is 2.00 bits per heavy atom. The number of ether oxygens (including phenoxy) is 1. The molecule has 0 saturated heterocycles. The van der Waals surface area contributed by atoms with Crippen LogP contribution in [0.15, 0.2) is 12.1 Å². The topological polar surface area (TPSA) is 26.3 Å². The van der Waals surface area contributed by atoms with Gasteiger partial charge in [0.15, 0.2) is 0 Å². The van der Waals surface area contributed by atoms with Gasteiger partial charge in [-0.15, -0.1) is 0 Å². The number of carbonyl (C=O) groups excluding carboxylic acids is 1. The maximum Gasteiger partial charge on any atom is 0.228 e. The quantitative estimate of drug-likeness (QED) is 0.784. The number of hydrogen-bond donors (Lipinski definition) is 0. The van der Waals surface area contributed by atoms with Crippen LogP contribution in [0.1, 0.15) is 41.3 Å². The van der Waals surface area contributed by atoms with Gasteiger partial charge < -0.3 is 4.74 Å². The van der Waals surface area contributed by atoms with E-state index in [0.717, 1.165) is 16.9 Å². The van der Waals surface area contributed by atoms with Crippen molar-refractivity contribution in [2.75, 3.05) is 7.11 Å². The summed E-state index contributed by atoms with van der Waals surface area (Å²) in [5, 5.41) is 0. The second-order valence-electron chi connectivity index (χ2n) is 3.84. The molecule has 1 rings (SSSR count). The highest BCUT2D eigenvalue weighted by Crippen LogP contribution is 2.30. The van der Waals surface area contributed by atoms with Crippen molar-refractivity contribution in [3.8, 4) is 5.75 Å². The summed E-state index contributed by atoms with van der Waals surface area (Å²) in [5.74, 6) is 1.19. The first-order valence-corrected chi connectivity index (χ1v) is 5.65. The van der Waals surface area contributed by atoms with Crippen LogP contribution >= 0.6 is 15.9 Å². The Hall–Kier alpha value is -0.830. The average molecular weight is 271 g/mol. The predicted octanol–water partition coefficient (Wildman–Crippen LogP) is 3.66. The summed E-state index contributed by atoms with van der Waals surface area (Å²) in [6, 6.07) is 3.81. The van der Waals surface area contributed by atoms with E-state index >= 15 is 0 Å². The first kappa shape index (κ1) is 12.2. The fraction of sp³-hybridized carbons (Fsp3) is 0.417. The van der Waals surface area contributed by atoms with Crippen molar-refractivity contribution >= 4 is 20.6 Å². The van der Waals surface area contributed by atoms with E-state index in [0.29, 0.717) is 11.5 Å². The van der Waals surface area contributed by atoms with Crippen LogP contribution in [0.25, 0.3) is 0 Å². The van der Waals surface area contributed by atoms with E-state index in [2.05, 4.69) is 29.8 Å². The van der Waals surface area contributed by atoms with Gasteiger partial charge in [0.05, 0.1) is 7.11 Å². The van der Waals surface area contributed by atoms with Crippen molar-refractivity contribution in [1.82, 2.24) is 0 Å². The second-order valence-corrected chi connectivity index (χ2v) is 4.56. The van der Waals surface area contributed by atoms with Gasteiger partial charge in [-0.2, -0.15) is 0 Å². The zero-order chi connectivity index (χ0) is 11.6. The highest BCUT2D eigenvalue weighted by Gasteiger charge is 2.13. The molecular weight excluding hydrogens is 256 g/mol. The van der Waals surface area contributed by atoms with Gasteiger partial charge in [-0.25, -0.2) is 0 Å². The summed E-state index contributed by atoms with van der Waals surface area (Å²) >= 11 is 2.98. The van der Waals surface area contributed by atoms with Crippen LogP contribution in [0.5, 0.6) is 5.75 Å². The lowest BCUT2D eigenvalue weighted by Gasteiger charge is -2.14. The van der Waals surface area contributed by atoms with Crippen molar-refractivity contribution < 1.29 is 9.53 Å². The van der Waals surface area contributed by atoms with Crippen molar-refractivity contribution in [2.45, 2.75) is 26.7 Å². The number of benzene rings is 1. The normalized spacial score (nSPS) is 10.5. The first-order chi connectivity index (χ1) is 6.97. The van der Waals surface area contributed by atoms with Crippen LogP contribution in [0.4, 0.5) is 0 Å². The summed E-state index contributed by atoms with van der Waals surface area (Å²) < 4.78 is 5.22. The molecule has 0 heterocycles. The molecule has 0 unspecified atom stereocenters. The first-order valence-electron chi connectivity index (χ1n) is 4.85. The molecule has 0 aliphatic rings. The Balaban J connectivity index is 3.37. The monoisotopic (exact) mass is 270 g/mol.